The van der Waals surface area contributed by atoms with Crippen LogP contribution < -0.4 is 14.8 Å². The van der Waals surface area contributed by atoms with Crippen LogP contribution in [-0.4, -0.2) is 62.3 Å². The molecule has 2 atom stereocenters. The summed E-state index contributed by atoms with van der Waals surface area (Å²) in [4.78, 5) is 22.5. The van der Waals surface area contributed by atoms with Gasteiger partial charge in [0.25, 0.3) is 5.92 Å². The van der Waals surface area contributed by atoms with Crippen LogP contribution in [0.2, 0.25) is 0 Å². The van der Waals surface area contributed by atoms with Gasteiger partial charge in [-0.25, -0.2) is 18.7 Å². The molecule has 0 spiro atoms. The smallest absolute Gasteiger partial charge is 0.395 e. The van der Waals surface area contributed by atoms with Crippen molar-refractivity contribution in [2.45, 2.75) is 37.5 Å². The summed E-state index contributed by atoms with van der Waals surface area (Å²) in [5.41, 5.74) is 0.348. The summed E-state index contributed by atoms with van der Waals surface area (Å²) in [7, 11) is 0. The van der Waals surface area contributed by atoms with E-state index < -0.39 is 36.5 Å². The molecule has 2 N–H and O–H groups in total. The zero-order chi connectivity index (χ0) is 22.7. The lowest BCUT2D eigenvalue weighted by molar-refractivity contribution is -0.286. The Morgan fingerprint density at radius 1 is 1.31 bits per heavy atom. The number of anilines is 1. The molecule has 0 bridgehead atoms. The molecule has 32 heavy (non-hydrogen) atoms. The molecule has 3 aromatic rings. The Bertz CT molecular complexity index is 1130. The van der Waals surface area contributed by atoms with Gasteiger partial charge in [0.05, 0.1) is 22.2 Å². The number of benzene rings is 1. The summed E-state index contributed by atoms with van der Waals surface area (Å²) in [5.74, 6) is -4.81. The second-order valence-corrected chi connectivity index (χ2v) is 8.58. The minimum absolute atomic E-state index is 0.0294. The number of carbonyl (C=O) groups is 1. The zero-order valence-electron chi connectivity index (χ0n) is 16.4. The van der Waals surface area contributed by atoms with Gasteiger partial charge >= 0.3 is 6.29 Å². The van der Waals surface area contributed by atoms with E-state index in [-0.39, 0.29) is 35.5 Å². The van der Waals surface area contributed by atoms with E-state index in [1.807, 2.05) is 0 Å². The van der Waals surface area contributed by atoms with Crippen molar-refractivity contribution >= 4 is 32.6 Å². The maximum atomic E-state index is 14.4. The van der Waals surface area contributed by atoms with Crippen LogP contribution in [0.4, 0.5) is 22.7 Å². The van der Waals surface area contributed by atoms with E-state index in [1.165, 1.54) is 18.5 Å². The van der Waals surface area contributed by atoms with Gasteiger partial charge in [0.2, 0.25) is 5.91 Å². The highest BCUT2D eigenvalue weighted by Crippen LogP contribution is 2.45. The third-order valence-electron chi connectivity index (χ3n) is 5.49. The quantitative estimate of drug-likeness (QED) is 0.562. The molecule has 14 heteroatoms. The van der Waals surface area contributed by atoms with Gasteiger partial charge in [-0.2, -0.15) is 5.10 Å². The number of hydrogen-bond acceptors (Lipinski definition) is 8. The number of likely N-dealkylation sites (tertiary alicyclic amines) is 1. The van der Waals surface area contributed by atoms with Crippen molar-refractivity contribution in [1.29, 1.82) is 0 Å². The maximum absolute atomic E-state index is 14.4. The number of carbonyl (C=O) groups excluding carboxylic acids is 1. The number of halogens is 4. The predicted molar refractivity (Wildman–Crippen MR) is 104 cm³/mol. The fourth-order valence-corrected chi connectivity index (χ4v) is 4.63. The van der Waals surface area contributed by atoms with Gasteiger partial charge in [-0.1, -0.05) is 11.3 Å². The molecule has 9 nitrogen and oxygen atoms in total. The summed E-state index contributed by atoms with van der Waals surface area (Å²) in [6, 6.07) is 1.94. The van der Waals surface area contributed by atoms with Gasteiger partial charge in [0.15, 0.2) is 16.6 Å². The van der Waals surface area contributed by atoms with Gasteiger partial charge in [-0.05, 0) is 6.92 Å². The van der Waals surface area contributed by atoms with Crippen molar-refractivity contribution in [3.63, 3.8) is 0 Å². The molecule has 1 amide bonds. The fraction of sp³-hybridized carbons (Fsp3) is 0.444. The van der Waals surface area contributed by atoms with Crippen LogP contribution in [0.25, 0.3) is 10.2 Å². The number of aromatic nitrogens is 4. The molecule has 2 aliphatic heterocycles. The lowest BCUT2D eigenvalue weighted by atomic mass is 9.92. The summed E-state index contributed by atoms with van der Waals surface area (Å²) in [5, 5.41) is 9.03. The predicted octanol–water partition coefficient (Wildman–Crippen LogP) is 3.19. The Balaban J connectivity index is 1.29. The molecule has 0 radical (unpaired) electrons. The van der Waals surface area contributed by atoms with Gasteiger partial charge in [-0.15, -0.1) is 8.78 Å². The largest absolute Gasteiger partial charge is 0.586 e. The molecule has 1 saturated heterocycles. The molecular formula is C18H16F4N6O3S. The molecule has 4 heterocycles. The lowest BCUT2D eigenvalue weighted by Gasteiger charge is -2.39. The number of ether oxygens (including phenoxy) is 2. The van der Waals surface area contributed by atoms with E-state index in [9.17, 15) is 22.4 Å². The average molecular weight is 472 g/mol. The molecule has 0 saturated carbocycles. The number of aromatic amines is 1. The molecular weight excluding hydrogens is 456 g/mol. The van der Waals surface area contributed by atoms with Crippen molar-refractivity contribution in [2.24, 2.45) is 0 Å². The van der Waals surface area contributed by atoms with Gasteiger partial charge in [-0.3, -0.25) is 14.8 Å². The first-order valence-corrected chi connectivity index (χ1v) is 10.4. The van der Waals surface area contributed by atoms with Gasteiger partial charge < -0.3 is 14.8 Å². The van der Waals surface area contributed by atoms with E-state index in [0.29, 0.717) is 10.2 Å². The van der Waals surface area contributed by atoms with Crippen LogP contribution >= 0.6 is 11.3 Å². The number of thiazole rings is 1. The molecule has 2 aromatic heterocycles. The molecule has 1 aromatic carbocycles. The Hall–Kier alpha value is -3.00. The number of alkyl halides is 4. The van der Waals surface area contributed by atoms with Crippen molar-refractivity contribution in [1.82, 2.24) is 25.1 Å². The average Bonchev–Trinajstić information content (AvgIpc) is 3.42. The highest BCUT2D eigenvalue weighted by Gasteiger charge is 2.48. The summed E-state index contributed by atoms with van der Waals surface area (Å²) in [6.45, 7) is 1.57. The van der Waals surface area contributed by atoms with Crippen molar-refractivity contribution in [3.05, 3.63) is 24.3 Å². The standard InChI is InChI=1S/C18H16F4N6O3S/c1-8(28-3-2-17(19,20)9(6-28)14-23-7-24-27-14)15(29)26-16-25-10-4-11-12(5-13(10)32-16)31-18(21,22)30-11/h4-5,7-9H,2-3,6H2,1H3,(H,23,24,27)(H,25,26,29)/t8-,9+/m0/s1. The van der Waals surface area contributed by atoms with Crippen LogP contribution in [0.1, 0.15) is 25.1 Å². The van der Waals surface area contributed by atoms with Crippen LogP contribution in [0, 0.1) is 0 Å². The Kier molecular flexibility index (Phi) is 4.74. The first-order chi connectivity index (χ1) is 15.1. The molecule has 0 unspecified atom stereocenters. The third-order valence-corrected chi connectivity index (χ3v) is 6.43. The zero-order valence-corrected chi connectivity index (χ0v) is 17.3. The fourth-order valence-electron chi connectivity index (χ4n) is 3.75. The summed E-state index contributed by atoms with van der Waals surface area (Å²) in [6.07, 6.45) is -2.98. The minimum Gasteiger partial charge on any atom is -0.395 e. The van der Waals surface area contributed by atoms with E-state index in [2.05, 4.69) is 35.0 Å². The molecule has 2 aliphatic rings. The first kappa shape index (κ1) is 20.9. The van der Waals surface area contributed by atoms with Crippen molar-refractivity contribution in [3.8, 4) is 11.5 Å². The van der Waals surface area contributed by atoms with Crippen molar-refractivity contribution < 1.29 is 31.8 Å². The first-order valence-electron chi connectivity index (χ1n) is 9.60. The topological polar surface area (TPSA) is 105 Å². The molecule has 1 fully saturated rings. The normalized spacial score (nSPS) is 22.7. The number of nitrogens with one attached hydrogen (secondary N) is 2. The minimum atomic E-state index is -3.73. The van der Waals surface area contributed by atoms with E-state index in [4.69, 9.17) is 0 Å². The number of fused-ring (bicyclic) bond motifs is 2. The second-order valence-electron chi connectivity index (χ2n) is 7.55. The van der Waals surface area contributed by atoms with Crippen LogP contribution in [0.5, 0.6) is 11.5 Å². The van der Waals surface area contributed by atoms with E-state index >= 15 is 0 Å². The number of H-pyrrole nitrogens is 1. The van der Waals surface area contributed by atoms with Crippen LogP contribution in [-0.2, 0) is 4.79 Å². The van der Waals surface area contributed by atoms with Crippen LogP contribution in [0.3, 0.4) is 0 Å². The lowest BCUT2D eigenvalue weighted by Crippen LogP contribution is -2.52. The molecule has 0 aliphatic carbocycles. The number of piperidine rings is 1. The third kappa shape index (κ3) is 3.72. The molecule has 5 rings (SSSR count). The number of hydrogen-bond donors (Lipinski definition) is 2. The highest BCUT2D eigenvalue weighted by atomic mass is 32.1. The van der Waals surface area contributed by atoms with Gasteiger partial charge in [0.1, 0.15) is 12.2 Å². The van der Waals surface area contributed by atoms with Crippen LogP contribution in [0.15, 0.2) is 18.5 Å². The number of amides is 1. The van der Waals surface area contributed by atoms with E-state index in [1.54, 1.807) is 11.8 Å². The Labute approximate surface area is 181 Å². The monoisotopic (exact) mass is 472 g/mol. The van der Waals surface area contributed by atoms with E-state index in [0.717, 1.165) is 11.3 Å². The van der Waals surface area contributed by atoms with Crippen molar-refractivity contribution in [2.75, 3.05) is 18.4 Å². The Morgan fingerprint density at radius 3 is 2.78 bits per heavy atom. The second kappa shape index (κ2) is 7.27. The highest BCUT2D eigenvalue weighted by molar-refractivity contribution is 7.22. The maximum Gasteiger partial charge on any atom is 0.586 e. The Morgan fingerprint density at radius 2 is 2.06 bits per heavy atom. The van der Waals surface area contributed by atoms with Gasteiger partial charge in [0, 0.05) is 31.6 Å². The molecule has 170 valence electrons. The summed E-state index contributed by atoms with van der Waals surface area (Å²) < 4.78 is 64.5. The SMILES string of the molecule is C[C@@H](C(=O)Nc1nc2cc3c(cc2s1)OC(F)(F)O3)N1CCC(F)(F)[C@@H](c2ncn[nH]2)C1. The number of rotatable bonds is 4. The number of nitrogens with zero attached hydrogens (tertiary/aromatic N) is 4. The summed E-state index contributed by atoms with van der Waals surface area (Å²) >= 11 is 1.07.